The van der Waals surface area contributed by atoms with Crippen LogP contribution in [0.4, 0.5) is 0 Å². The van der Waals surface area contributed by atoms with E-state index in [9.17, 15) is 4.79 Å². The van der Waals surface area contributed by atoms with Crippen molar-refractivity contribution >= 4 is 17.7 Å². The molecule has 1 aromatic carbocycles. The fourth-order valence-corrected chi connectivity index (χ4v) is 3.71. The normalized spacial score (nSPS) is 16.7. The van der Waals surface area contributed by atoms with Crippen molar-refractivity contribution in [3.63, 3.8) is 0 Å². The number of hydrogen-bond acceptors (Lipinski definition) is 3. The first kappa shape index (κ1) is 17.7. The molecular formula is C23H25N3O. The van der Waals surface area contributed by atoms with E-state index in [2.05, 4.69) is 51.3 Å². The van der Waals surface area contributed by atoms with Crippen molar-refractivity contribution < 1.29 is 0 Å². The van der Waals surface area contributed by atoms with Gasteiger partial charge in [-0.15, -0.1) is 0 Å². The van der Waals surface area contributed by atoms with Crippen molar-refractivity contribution in [2.45, 2.75) is 25.7 Å². The van der Waals surface area contributed by atoms with Crippen LogP contribution in [-0.2, 0) is 6.42 Å². The lowest BCUT2D eigenvalue weighted by molar-refractivity contribution is 0.297. The maximum Gasteiger partial charge on any atom is 0.258 e. The molecule has 2 aromatic rings. The predicted molar refractivity (Wildman–Crippen MR) is 111 cm³/mol. The van der Waals surface area contributed by atoms with Gasteiger partial charge in [0.15, 0.2) is 0 Å². The summed E-state index contributed by atoms with van der Waals surface area (Å²) in [6.45, 7) is 3.10. The number of benzene rings is 1. The quantitative estimate of drug-likeness (QED) is 0.889. The van der Waals surface area contributed by atoms with Gasteiger partial charge in [-0.05, 0) is 43.0 Å². The standard InChI is InChI=1S/C23H25N3O/c27-23-20-10-5-2-6-11-21(20)24-22(25-23)12-7-15-26-16-13-19(14-17-26)18-8-3-1-4-9-18/h1-4,6,8-11,13H,5,7,12,14-17H2,(H,24,25,27). The average molecular weight is 359 g/mol. The number of allylic oxidation sites excluding steroid dienone is 2. The summed E-state index contributed by atoms with van der Waals surface area (Å²) in [4.78, 5) is 22.3. The Labute approximate surface area is 159 Å². The Hall–Kier alpha value is -2.72. The summed E-state index contributed by atoms with van der Waals surface area (Å²) in [7, 11) is 0. The third kappa shape index (κ3) is 4.34. The molecule has 138 valence electrons. The third-order valence-electron chi connectivity index (χ3n) is 5.21. The molecule has 0 amide bonds. The fraction of sp³-hybridized carbons (Fsp3) is 0.304. The third-order valence-corrected chi connectivity index (χ3v) is 5.21. The van der Waals surface area contributed by atoms with E-state index in [1.807, 2.05) is 24.3 Å². The molecule has 0 fully saturated rings. The number of aryl methyl sites for hydroxylation is 1. The van der Waals surface area contributed by atoms with E-state index in [0.29, 0.717) is 5.22 Å². The summed E-state index contributed by atoms with van der Waals surface area (Å²) in [5, 5.41) is 1.48. The highest BCUT2D eigenvalue weighted by atomic mass is 16.1. The molecule has 0 unspecified atom stereocenters. The monoisotopic (exact) mass is 359 g/mol. The second kappa shape index (κ2) is 8.31. The molecule has 1 aliphatic heterocycles. The first-order chi connectivity index (χ1) is 13.3. The van der Waals surface area contributed by atoms with Gasteiger partial charge >= 0.3 is 0 Å². The largest absolute Gasteiger partial charge is 0.310 e. The number of aromatic amines is 1. The molecule has 4 nitrogen and oxygen atoms in total. The van der Waals surface area contributed by atoms with Crippen LogP contribution in [0, 0.1) is 0 Å². The van der Waals surface area contributed by atoms with E-state index in [1.165, 1.54) is 11.1 Å². The minimum Gasteiger partial charge on any atom is -0.310 e. The number of hydrogen-bond donors (Lipinski definition) is 1. The van der Waals surface area contributed by atoms with Crippen molar-refractivity contribution in [3.05, 3.63) is 80.9 Å². The summed E-state index contributed by atoms with van der Waals surface area (Å²) in [5.41, 5.74) is 2.76. The second-order valence-corrected chi connectivity index (χ2v) is 7.10. The summed E-state index contributed by atoms with van der Waals surface area (Å²) in [6, 6.07) is 10.6. The van der Waals surface area contributed by atoms with E-state index in [4.69, 9.17) is 0 Å². The molecule has 0 radical (unpaired) electrons. The molecule has 1 aliphatic carbocycles. The van der Waals surface area contributed by atoms with E-state index >= 15 is 0 Å². The summed E-state index contributed by atoms with van der Waals surface area (Å²) < 4.78 is 0. The lowest BCUT2D eigenvalue weighted by Crippen LogP contribution is -2.43. The van der Waals surface area contributed by atoms with Crippen molar-refractivity contribution in [3.8, 4) is 0 Å². The predicted octanol–water partition coefficient (Wildman–Crippen LogP) is 2.01. The van der Waals surface area contributed by atoms with Gasteiger partial charge in [-0.3, -0.25) is 9.69 Å². The van der Waals surface area contributed by atoms with Crippen LogP contribution >= 0.6 is 0 Å². The van der Waals surface area contributed by atoms with E-state index in [-0.39, 0.29) is 5.56 Å². The Morgan fingerprint density at radius 2 is 2.04 bits per heavy atom. The molecule has 0 atom stereocenters. The molecule has 0 saturated heterocycles. The average Bonchev–Trinajstić information content (AvgIpc) is 2.95. The smallest absolute Gasteiger partial charge is 0.258 e. The zero-order chi connectivity index (χ0) is 18.5. The van der Waals surface area contributed by atoms with Crippen LogP contribution in [0.5, 0.6) is 0 Å². The maximum atomic E-state index is 12.3. The zero-order valence-corrected chi connectivity index (χ0v) is 15.5. The van der Waals surface area contributed by atoms with Crippen molar-refractivity contribution in [1.29, 1.82) is 0 Å². The van der Waals surface area contributed by atoms with Crippen LogP contribution in [0.3, 0.4) is 0 Å². The number of nitrogens with one attached hydrogen (secondary N) is 1. The highest BCUT2D eigenvalue weighted by Crippen LogP contribution is 2.21. The van der Waals surface area contributed by atoms with Gasteiger partial charge in [0.1, 0.15) is 5.82 Å². The molecule has 2 aliphatic rings. The van der Waals surface area contributed by atoms with Gasteiger partial charge in [-0.25, -0.2) is 4.98 Å². The van der Waals surface area contributed by atoms with E-state index in [1.54, 1.807) is 0 Å². The minimum absolute atomic E-state index is 0.0247. The zero-order valence-electron chi connectivity index (χ0n) is 15.5. The van der Waals surface area contributed by atoms with Crippen LogP contribution in [0.2, 0.25) is 0 Å². The highest BCUT2D eigenvalue weighted by Gasteiger charge is 2.12. The molecule has 2 heterocycles. The van der Waals surface area contributed by atoms with Crippen molar-refractivity contribution in [1.82, 2.24) is 14.9 Å². The van der Waals surface area contributed by atoms with Crippen LogP contribution in [0.25, 0.3) is 17.7 Å². The molecule has 27 heavy (non-hydrogen) atoms. The number of H-pyrrole nitrogens is 1. The molecule has 1 N–H and O–H groups in total. The number of rotatable bonds is 5. The van der Waals surface area contributed by atoms with Gasteiger partial charge in [-0.2, -0.15) is 0 Å². The number of fused-ring (bicyclic) bond motifs is 1. The van der Waals surface area contributed by atoms with E-state index in [0.717, 1.165) is 56.5 Å². The minimum atomic E-state index is -0.0247. The van der Waals surface area contributed by atoms with Crippen molar-refractivity contribution in [2.24, 2.45) is 0 Å². The van der Waals surface area contributed by atoms with Gasteiger partial charge in [0.25, 0.3) is 5.56 Å². The SMILES string of the molecule is O=c1[nH]c(CCCN2CC=C(c3ccccc3)CC2)nc2c1=CCC=CC=2. The topological polar surface area (TPSA) is 49.0 Å². The van der Waals surface area contributed by atoms with Gasteiger partial charge < -0.3 is 4.98 Å². The molecular weight excluding hydrogens is 334 g/mol. The second-order valence-electron chi connectivity index (χ2n) is 7.10. The lowest BCUT2D eigenvalue weighted by Gasteiger charge is -2.26. The number of nitrogens with zero attached hydrogens (tertiary/aromatic N) is 2. The fourth-order valence-electron chi connectivity index (χ4n) is 3.71. The Morgan fingerprint density at radius 3 is 2.85 bits per heavy atom. The van der Waals surface area contributed by atoms with Gasteiger partial charge in [0.2, 0.25) is 0 Å². The van der Waals surface area contributed by atoms with Gasteiger partial charge in [0.05, 0.1) is 10.6 Å². The first-order valence-corrected chi connectivity index (χ1v) is 9.73. The Balaban J connectivity index is 1.35. The van der Waals surface area contributed by atoms with Gasteiger partial charge in [0, 0.05) is 19.5 Å². The highest BCUT2D eigenvalue weighted by molar-refractivity contribution is 5.66. The van der Waals surface area contributed by atoms with Gasteiger partial charge in [-0.1, -0.05) is 54.6 Å². The molecule has 0 bridgehead atoms. The maximum absolute atomic E-state index is 12.3. The van der Waals surface area contributed by atoms with Crippen LogP contribution in [-0.4, -0.2) is 34.5 Å². The molecule has 4 rings (SSSR count). The summed E-state index contributed by atoms with van der Waals surface area (Å²) >= 11 is 0. The van der Waals surface area contributed by atoms with Crippen LogP contribution in [0.1, 0.15) is 30.7 Å². The van der Waals surface area contributed by atoms with E-state index < -0.39 is 0 Å². The lowest BCUT2D eigenvalue weighted by atomic mass is 9.99. The Bertz CT molecular complexity index is 1030. The Morgan fingerprint density at radius 1 is 1.15 bits per heavy atom. The molecule has 1 aromatic heterocycles. The molecule has 0 spiro atoms. The Kier molecular flexibility index (Phi) is 5.45. The first-order valence-electron chi connectivity index (χ1n) is 9.73. The number of aromatic nitrogens is 2. The molecule has 0 saturated carbocycles. The van der Waals surface area contributed by atoms with Crippen molar-refractivity contribution in [2.75, 3.05) is 19.6 Å². The summed E-state index contributed by atoms with van der Waals surface area (Å²) in [6.07, 6.45) is 13.9. The van der Waals surface area contributed by atoms with Crippen LogP contribution < -0.4 is 16.1 Å². The van der Waals surface area contributed by atoms with Crippen LogP contribution in [0.15, 0.2) is 53.4 Å². The molecule has 4 heteroatoms. The summed E-state index contributed by atoms with van der Waals surface area (Å²) in [5.74, 6) is 0.788.